The zero-order valence-corrected chi connectivity index (χ0v) is 20.9. The summed E-state index contributed by atoms with van der Waals surface area (Å²) >= 11 is 0. The normalized spacial score (nSPS) is 13.4. The van der Waals surface area contributed by atoms with E-state index >= 15 is 0 Å². The standard InChI is InChI=1S/C26H25N3O5S/c1-15-6-7-17(3)23(12-15)29-25(31)20-11-9-18(13-21(20)26(29)32)24(30)27-22-14-19(10-8-16(22)2)35(33,34)28(4)5/h6-14H,1-5H3,(H,27,30). The number of imide groups is 1. The molecule has 3 aromatic rings. The zero-order valence-electron chi connectivity index (χ0n) is 20.0. The van der Waals surface area contributed by atoms with Gasteiger partial charge in [0.15, 0.2) is 0 Å². The Morgan fingerprint density at radius 3 is 2.17 bits per heavy atom. The lowest BCUT2D eigenvalue weighted by molar-refractivity contribution is 0.0925. The highest BCUT2D eigenvalue weighted by Gasteiger charge is 2.38. The van der Waals surface area contributed by atoms with E-state index in [0.29, 0.717) is 16.9 Å². The average molecular weight is 492 g/mol. The second kappa shape index (κ2) is 8.75. The number of aryl methyl sites for hydroxylation is 3. The molecule has 0 radical (unpaired) electrons. The fraction of sp³-hybridized carbons (Fsp3) is 0.192. The molecule has 0 fully saturated rings. The summed E-state index contributed by atoms with van der Waals surface area (Å²) in [5, 5.41) is 2.72. The molecule has 0 unspecified atom stereocenters. The number of nitrogens with zero attached hydrogens (tertiary/aromatic N) is 2. The van der Waals surface area contributed by atoms with E-state index in [-0.39, 0.29) is 21.6 Å². The summed E-state index contributed by atoms with van der Waals surface area (Å²) in [6.07, 6.45) is 0. The SMILES string of the molecule is Cc1ccc(C)c(N2C(=O)c3ccc(C(=O)Nc4cc(S(=O)(=O)N(C)C)ccc4C)cc3C2=O)c1. The first-order valence-corrected chi connectivity index (χ1v) is 12.3. The molecular weight excluding hydrogens is 466 g/mol. The molecule has 9 heteroatoms. The highest BCUT2D eigenvalue weighted by Crippen LogP contribution is 2.32. The van der Waals surface area contributed by atoms with Crippen molar-refractivity contribution in [3.8, 4) is 0 Å². The first kappa shape index (κ1) is 24.3. The van der Waals surface area contributed by atoms with E-state index in [9.17, 15) is 22.8 Å². The fourth-order valence-corrected chi connectivity index (χ4v) is 4.79. The molecule has 3 amide bonds. The number of carbonyl (C=O) groups excluding carboxylic acids is 3. The number of nitrogens with one attached hydrogen (secondary N) is 1. The lowest BCUT2D eigenvalue weighted by atomic mass is 10.0. The van der Waals surface area contributed by atoms with Crippen molar-refractivity contribution >= 4 is 39.1 Å². The molecule has 0 aliphatic carbocycles. The van der Waals surface area contributed by atoms with Crippen molar-refractivity contribution in [3.05, 3.63) is 88.0 Å². The number of hydrogen-bond donors (Lipinski definition) is 1. The van der Waals surface area contributed by atoms with Gasteiger partial charge in [-0.1, -0.05) is 18.2 Å². The van der Waals surface area contributed by atoms with Crippen LogP contribution in [0.25, 0.3) is 0 Å². The quantitative estimate of drug-likeness (QED) is 0.545. The molecule has 35 heavy (non-hydrogen) atoms. The average Bonchev–Trinajstić information content (AvgIpc) is 3.06. The van der Waals surface area contributed by atoms with Gasteiger partial charge in [-0.25, -0.2) is 17.6 Å². The van der Waals surface area contributed by atoms with Crippen LogP contribution in [0.3, 0.4) is 0 Å². The first-order valence-electron chi connectivity index (χ1n) is 10.9. The van der Waals surface area contributed by atoms with Crippen molar-refractivity contribution in [1.29, 1.82) is 0 Å². The van der Waals surface area contributed by atoms with Crippen LogP contribution in [-0.4, -0.2) is 44.5 Å². The van der Waals surface area contributed by atoms with Crippen molar-refractivity contribution in [2.75, 3.05) is 24.3 Å². The van der Waals surface area contributed by atoms with Crippen molar-refractivity contribution in [1.82, 2.24) is 4.31 Å². The minimum absolute atomic E-state index is 0.0438. The van der Waals surface area contributed by atoms with Crippen molar-refractivity contribution < 1.29 is 22.8 Å². The van der Waals surface area contributed by atoms with E-state index in [4.69, 9.17) is 0 Å². The summed E-state index contributed by atoms with van der Waals surface area (Å²) in [4.78, 5) is 40.4. The molecule has 1 heterocycles. The van der Waals surface area contributed by atoms with Crippen LogP contribution in [0.5, 0.6) is 0 Å². The maximum Gasteiger partial charge on any atom is 0.266 e. The zero-order chi connectivity index (χ0) is 25.7. The van der Waals surface area contributed by atoms with Crippen LogP contribution in [0.4, 0.5) is 11.4 Å². The Bertz CT molecular complexity index is 1510. The van der Waals surface area contributed by atoms with Crippen LogP contribution in [0.2, 0.25) is 0 Å². The molecule has 0 saturated heterocycles. The third kappa shape index (κ3) is 4.24. The number of carbonyl (C=O) groups is 3. The molecular formula is C26H25N3O5S. The van der Waals surface area contributed by atoms with E-state index in [2.05, 4.69) is 5.32 Å². The smallest absolute Gasteiger partial charge is 0.266 e. The Morgan fingerprint density at radius 1 is 0.829 bits per heavy atom. The number of fused-ring (bicyclic) bond motifs is 1. The van der Waals surface area contributed by atoms with Crippen LogP contribution in [-0.2, 0) is 10.0 Å². The molecule has 180 valence electrons. The van der Waals surface area contributed by atoms with Crippen LogP contribution in [0.15, 0.2) is 59.5 Å². The van der Waals surface area contributed by atoms with E-state index in [0.717, 1.165) is 20.3 Å². The summed E-state index contributed by atoms with van der Waals surface area (Å²) in [7, 11) is -0.826. The van der Waals surface area contributed by atoms with Gasteiger partial charge in [0.05, 0.1) is 21.7 Å². The molecule has 3 aromatic carbocycles. The third-order valence-corrected chi connectivity index (χ3v) is 7.80. The summed E-state index contributed by atoms with van der Waals surface area (Å²) in [5.41, 5.74) is 3.75. The molecule has 8 nitrogen and oxygen atoms in total. The van der Waals surface area contributed by atoms with E-state index in [1.165, 1.54) is 44.4 Å². The minimum atomic E-state index is -3.68. The Balaban J connectivity index is 1.65. The lowest BCUT2D eigenvalue weighted by Crippen LogP contribution is -2.30. The highest BCUT2D eigenvalue weighted by atomic mass is 32.2. The molecule has 1 aliphatic heterocycles. The van der Waals surface area contributed by atoms with Crippen LogP contribution >= 0.6 is 0 Å². The second-order valence-corrected chi connectivity index (χ2v) is 10.9. The fourth-order valence-electron chi connectivity index (χ4n) is 3.86. The highest BCUT2D eigenvalue weighted by molar-refractivity contribution is 7.89. The van der Waals surface area contributed by atoms with Crippen LogP contribution in [0, 0.1) is 20.8 Å². The largest absolute Gasteiger partial charge is 0.322 e. The first-order chi connectivity index (χ1) is 16.4. The van der Waals surface area contributed by atoms with Gasteiger partial charge in [0.1, 0.15) is 0 Å². The van der Waals surface area contributed by atoms with E-state index < -0.39 is 27.7 Å². The van der Waals surface area contributed by atoms with Gasteiger partial charge in [0.2, 0.25) is 10.0 Å². The van der Waals surface area contributed by atoms with Gasteiger partial charge >= 0.3 is 0 Å². The van der Waals surface area contributed by atoms with Crippen LogP contribution in [0.1, 0.15) is 47.8 Å². The monoisotopic (exact) mass is 491 g/mol. The van der Waals surface area contributed by atoms with Gasteiger partial charge in [0.25, 0.3) is 17.7 Å². The summed E-state index contributed by atoms with van der Waals surface area (Å²) < 4.78 is 26.0. The molecule has 0 bridgehead atoms. The molecule has 1 aliphatic rings. The number of rotatable bonds is 5. The number of benzene rings is 3. The third-order valence-electron chi connectivity index (χ3n) is 5.99. The number of amides is 3. The number of anilines is 2. The molecule has 4 rings (SSSR count). The van der Waals surface area contributed by atoms with Gasteiger partial charge in [-0.05, 0) is 73.9 Å². The van der Waals surface area contributed by atoms with Crippen molar-refractivity contribution in [3.63, 3.8) is 0 Å². The van der Waals surface area contributed by atoms with Crippen molar-refractivity contribution in [2.24, 2.45) is 0 Å². The van der Waals surface area contributed by atoms with E-state index in [1.807, 2.05) is 26.0 Å². The molecule has 0 atom stereocenters. The molecule has 0 spiro atoms. The Hall–Kier alpha value is -3.82. The van der Waals surface area contributed by atoms with Gasteiger partial charge in [-0.3, -0.25) is 14.4 Å². The lowest BCUT2D eigenvalue weighted by Gasteiger charge is -2.17. The summed E-state index contributed by atoms with van der Waals surface area (Å²) in [6, 6.07) is 14.3. The summed E-state index contributed by atoms with van der Waals surface area (Å²) in [5.74, 6) is -1.47. The Kier molecular flexibility index (Phi) is 6.08. The second-order valence-electron chi connectivity index (χ2n) is 8.71. The number of sulfonamides is 1. The van der Waals surface area contributed by atoms with Gasteiger partial charge in [-0.2, -0.15) is 0 Å². The van der Waals surface area contributed by atoms with Crippen molar-refractivity contribution in [2.45, 2.75) is 25.7 Å². The molecule has 0 saturated carbocycles. The van der Waals surface area contributed by atoms with Gasteiger partial charge < -0.3 is 5.32 Å². The van der Waals surface area contributed by atoms with Gasteiger partial charge in [0, 0.05) is 25.3 Å². The number of hydrogen-bond acceptors (Lipinski definition) is 5. The molecule has 1 N–H and O–H groups in total. The maximum absolute atomic E-state index is 13.2. The minimum Gasteiger partial charge on any atom is -0.322 e. The Morgan fingerprint density at radius 2 is 1.49 bits per heavy atom. The predicted octanol–water partition coefficient (Wildman–Crippen LogP) is 3.92. The predicted molar refractivity (Wildman–Crippen MR) is 134 cm³/mol. The topological polar surface area (TPSA) is 104 Å². The van der Waals surface area contributed by atoms with Gasteiger partial charge in [-0.15, -0.1) is 0 Å². The van der Waals surface area contributed by atoms with Crippen LogP contribution < -0.4 is 10.2 Å². The molecule has 0 aromatic heterocycles. The maximum atomic E-state index is 13.2. The summed E-state index contributed by atoms with van der Waals surface area (Å²) in [6.45, 7) is 5.45. The Labute approximate surface area is 204 Å². The van der Waals surface area contributed by atoms with E-state index in [1.54, 1.807) is 19.1 Å².